The number of halogens is 2. The molecule has 124 valence electrons. The molecule has 0 spiro atoms. The zero-order chi connectivity index (χ0) is 16.7. The molecule has 1 aliphatic heterocycles. The van der Waals surface area contributed by atoms with Crippen molar-refractivity contribution >= 4 is 16.7 Å². The molecule has 5 nitrogen and oxygen atoms in total. The topological polar surface area (TPSA) is 46.8 Å². The molecule has 2 aromatic heterocycles. The van der Waals surface area contributed by atoms with E-state index in [1.165, 1.54) is 0 Å². The molecule has 1 unspecified atom stereocenters. The minimum atomic E-state index is -2.68. The summed E-state index contributed by atoms with van der Waals surface area (Å²) in [6.07, 6.45) is 2.07. The Kier molecular flexibility index (Phi) is 3.63. The summed E-state index contributed by atoms with van der Waals surface area (Å²) < 4.78 is 28.2. The average Bonchev–Trinajstić information content (AvgIpc) is 3.22. The van der Waals surface area contributed by atoms with Gasteiger partial charge < -0.3 is 4.90 Å². The third kappa shape index (κ3) is 2.60. The van der Waals surface area contributed by atoms with Crippen LogP contribution in [0.1, 0.15) is 30.3 Å². The standard InChI is InChI=1S/C17H17F2N5/c1-11-8-20-24(9-11)12-6-7-23(10-12)17-13-4-2-3-5-14(13)21-16(22-17)15(18)19/h2-5,8-9,12,15H,6-7,10H2,1H3. The van der Waals surface area contributed by atoms with Crippen molar-refractivity contribution in [2.75, 3.05) is 18.0 Å². The van der Waals surface area contributed by atoms with Gasteiger partial charge in [0.1, 0.15) is 5.82 Å². The number of hydrogen-bond acceptors (Lipinski definition) is 4. The van der Waals surface area contributed by atoms with Gasteiger partial charge in [0.05, 0.1) is 17.8 Å². The third-order valence-corrected chi connectivity index (χ3v) is 4.36. The van der Waals surface area contributed by atoms with Crippen LogP contribution < -0.4 is 4.90 Å². The first-order chi connectivity index (χ1) is 11.6. The maximum atomic E-state index is 13.1. The van der Waals surface area contributed by atoms with Gasteiger partial charge in [-0.3, -0.25) is 4.68 Å². The predicted octanol–water partition coefficient (Wildman–Crippen LogP) is 3.52. The number of anilines is 1. The van der Waals surface area contributed by atoms with Gasteiger partial charge in [0, 0.05) is 24.7 Å². The highest BCUT2D eigenvalue weighted by atomic mass is 19.3. The van der Waals surface area contributed by atoms with Gasteiger partial charge in [-0.15, -0.1) is 0 Å². The summed E-state index contributed by atoms with van der Waals surface area (Å²) >= 11 is 0. The molecule has 7 heteroatoms. The van der Waals surface area contributed by atoms with Crippen LogP contribution in [0.3, 0.4) is 0 Å². The third-order valence-electron chi connectivity index (χ3n) is 4.36. The second-order valence-corrected chi connectivity index (χ2v) is 6.11. The van der Waals surface area contributed by atoms with Crippen molar-refractivity contribution in [2.24, 2.45) is 0 Å². The number of aromatic nitrogens is 4. The lowest BCUT2D eigenvalue weighted by Gasteiger charge is -2.20. The van der Waals surface area contributed by atoms with E-state index in [4.69, 9.17) is 0 Å². The predicted molar refractivity (Wildman–Crippen MR) is 87.3 cm³/mol. The van der Waals surface area contributed by atoms with Gasteiger partial charge >= 0.3 is 0 Å². The van der Waals surface area contributed by atoms with E-state index < -0.39 is 12.2 Å². The molecular weight excluding hydrogens is 312 g/mol. The first kappa shape index (κ1) is 15.0. The Hall–Kier alpha value is -2.57. The molecule has 1 aromatic carbocycles. The fourth-order valence-corrected chi connectivity index (χ4v) is 3.20. The van der Waals surface area contributed by atoms with Crippen molar-refractivity contribution in [3.63, 3.8) is 0 Å². The van der Waals surface area contributed by atoms with E-state index in [1.54, 1.807) is 12.1 Å². The van der Waals surface area contributed by atoms with Gasteiger partial charge in [-0.2, -0.15) is 5.10 Å². The second kappa shape index (κ2) is 5.81. The summed E-state index contributed by atoms with van der Waals surface area (Å²) in [6, 6.07) is 7.53. The molecule has 0 radical (unpaired) electrons. The van der Waals surface area contributed by atoms with Crippen LogP contribution in [0.2, 0.25) is 0 Å². The Bertz CT molecular complexity index is 876. The van der Waals surface area contributed by atoms with E-state index in [0.717, 1.165) is 23.9 Å². The normalized spacial score (nSPS) is 18.0. The summed E-state index contributed by atoms with van der Waals surface area (Å²) in [6.45, 7) is 3.46. The van der Waals surface area contributed by atoms with Crippen molar-refractivity contribution in [1.29, 1.82) is 0 Å². The monoisotopic (exact) mass is 329 g/mol. The molecule has 1 atom stereocenters. The van der Waals surface area contributed by atoms with E-state index in [-0.39, 0.29) is 6.04 Å². The number of hydrogen-bond donors (Lipinski definition) is 0. The van der Waals surface area contributed by atoms with Gasteiger partial charge in [0.15, 0.2) is 5.82 Å². The highest BCUT2D eigenvalue weighted by molar-refractivity contribution is 5.89. The number of alkyl halides is 2. The fourth-order valence-electron chi connectivity index (χ4n) is 3.20. The first-order valence-electron chi connectivity index (χ1n) is 7.92. The Morgan fingerprint density at radius 3 is 2.79 bits per heavy atom. The molecule has 0 aliphatic carbocycles. The van der Waals surface area contributed by atoms with Gasteiger partial charge in [0.2, 0.25) is 0 Å². The van der Waals surface area contributed by atoms with Crippen molar-refractivity contribution in [3.05, 3.63) is 48.0 Å². The van der Waals surface area contributed by atoms with E-state index in [2.05, 4.69) is 20.0 Å². The zero-order valence-corrected chi connectivity index (χ0v) is 13.2. The van der Waals surface area contributed by atoms with E-state index in [1.807, 2.05) is 36.1 Å². The number of rotatable bonds is 3. The minimum Gasteiger partial charge on any atom is -0.354 e. The molecule has 0 N–H and O–H groups in total. The molecular formula is C17H17F2N5. The smallest absolute Gasteiger partial charge is 0.297 e. The van der Waals surface area contributed by atoms with Crippen LogP contribution in [0.4, 0.5) is 14.6 Å². The molecule has 3 aromatic rings. The van der Waals surface area contributed by atoms with Gasteiger partial charge in [-0.1, -0.05) is 12.1 Å². The molecule has 4 rings (SSSR count). The number of nitrogens with zero attached hydrogens (tertiary/aromatic N) is 5. The maximum Gasteiger partial charge on any atom is 0.297 e. The molecule has 1 fully saturated rings. The molecule has 0 saturated carbocycles. The van der Waals surface area contributed by atoms with Crippen molar-refractivity contribution < 1.29 is 8.78 Å². The fraction of sp³-hybridized carbons (Fsp3) is 0.353. The largest absolute Gasteiger partial charge is 0.354 e. The first-order valence-corrected chi connectivity index (χ1v) is 7.92. The highest BCUT2D eigenvalue weighted by Crippen LogP contribution is 2.32. The number of aryl methyl sites for hydroxylation is 1. The van der Waals surface area contributed by atoms with Crippen molar-refractivity contribution in [3.8, 4) is 0 Å². The summed E-state index contributed by atoms with van der Waals surface area (Å²) in [5, 5.41) is 5.18. The lowest BCUT2D eigenvalue weighted by molar-refractivity contribution is 0.141. The number of para-hydroxylation sites is 1. The van der Waals surface area contributed by atoms with Crippen LogP contribution in [0.15, 0.2) is 36.7 Å². The summed E-state index contributed by atoms with van der Waals surface area (Å²) in [5.41, 5.74) is 1.66. The molecule has 3 heterocycles. The Morgan fingerprint density at radius 2 is 2.04 bits per heavy atom. The minimum absolute atomic E-state index is 0.224. The van der Waals surface area contributed by atoms with Crippen LogP contribution in [0.25, 0.3) is 10.9 Å². The quantitative estimate of drug-likeness (QED) is 0.737. The van der Waals surface area contributed by atoms with Crippen LogP contribution in [0.5, 0.6) is 0 Å². The van der Waals surface area contributed by atoms with E-state index in [9.17, 15) is 8.78 Å². The van der Waals surface area contributed by atoms with Crippen molar-refractivity contribution in [2.45, 2.75) is 25.8 Å². The summed E-state index contributed by atoms with van der Waals surface area (Å²) in [4.78, 5) is 10.2. The lowest BCUT2D eigenvalue weighted by Crippen LogP contribution is -2.23. The SMILES string of the molecule is Cc1cnn(C2CCN(c3nc(C(F)F)nc4ccccc34)C2)c1. The highest BCUT2D eigenvalue weighted by Gasteiger charge is 2.28. The average molecular weight is 329 g/mol. The van der Waals surface area contributed by atoms with Gasteiger partial charge in [-0.05, 0) is 31.0 Å². The zero-order valence-electron chi connectivity index (χ0n) is 13.2. The van der Waals surface area contributed by atoms with Crippen molar-refractivity contribution in [1.82, 2.24) is 19.7 Å². The Morgan fingerprint density at radius 1 is 1.21 bits per heavy atom. The molecule has 24 heavy (non-hydrogen) atoms. The van der Waals surface area contributed by atoms with Crippen LogP contribution in [-0.4, -0.2) is 32.8 Å². The van der Waals surface area contributed by atoms with Gasteiger partial charge in [-0.25, -0.2) is 18.7 Å². The van der Waals surface area contributed by atoms with Crippen LogP contribution in [0, 0.1) is 6.92 Å². The second-order valence-electron chi connectivity index (χ2n) is 6.11. The van der Waals surface area contributed by atoms with Crippen LogP contribution in [-0.2, 0) is 0 Å². The van der Waals surface area contributed by atoms with E-state index in [0.29, 0.717) is 17.9 Å². The number of fused-ring (bicyclic) bond motifs is 1. The molecule has 1 saturated heterocycles. The molecule has 0 amide bonds. The Labute approximate surface area is 137 Å². The molecule has 0 bridgehead atoms. The maximum absolute atomic E-state index is 13.1. The lowest BCUT2D eigenvalue weighted by atomic mass is 10.2. The summed E-state index contributed by atoms with van der Waals surface area (Å²) in [5.74, 6) is 0.171. The van der Waals surface area contributed by atoms with E-state index >= 15 is 0 Å². The molecule has 1 aliphatic rings. The van der Waals surface area contributed by atoms with Crippen LogP contribution >= 0.6 is 0 Å². The Balaban J connectivity index is 1.71. The summed E-state index contributed by atoms with van der Waals surface area (Å²) in [7, 11) is 0. The number of benzene rings is 1. The van der Waals surface area contributed by atoms with Gasteiger partial charge in [0.25, 0.3) is 6.43 Å².